The number of ether oxygens (including phenoxy) is 1. The van der Waals surface area contributed by atoms with E-state index in [0.717, 1.165) is 44.8 Å². The van der Waals surface area contributed by atoms with E-state index in [9.17, 15) is 0 Å². The van der Waals surface area contributed by atoms with Gasteiger partial charge in [-0.1, -0.05) is 39.8 Å². The van der Waals surface area contributed by atoms with Crippen LogP contribution in [0.5, 0.6) is 5.75 Å². The van der Waals surface area contributed by atoms with Gasteiger partial charge in [0.1, 0.15) is 11.4 Å². The van der Waals surface area contributed by atoms with Crippen LogP contribution in [-0.2, 0) is 0 Å². The molecule has 0 saturated carbocycles. The Morgan fingerprint density at radius 2 is 2.09 bits per heavy atom. The summed E-state index contributed by atoms with van der Waals surface area (Å²) in [5.74, 6) is 1.67. The fourth-order valence-electron chi connectivity index (χ4n) is 3.99. The van der Waals surface area contributed by atoms with Crippen LogP contribution in [0, 0.1) is 0 Å². The molecule has 0 aromatic heterocycles. The van der Waals surface area contributed by atoms with Crippen molar-refractivity contribution >= 4 is 0 Å². The SMILES string of the molecule is CCN(CC)C1CC2(CCNC2)Oc2ccc(C(C)C)cc21. The van der Waals surface area contributed by atoms with Crippen LogP contribution in [-0.4, -0.2) is 36.7 Å². The molecule has 1 aromatic carbocycles. The zero-order chi connectivity index (χ0) is 15.7. The smallest absolute Gasteiger partial charge is 0.125 e. The Kier molecular flexibility index (Phi) is 4.47. The van der Waals surface area contributed by atoms with Crippen LogP contribution in [0.1, 0.15) is 63.6 Å². The van der Waals surface area contributed by atoms with Gasteiger partial charge in [0.15, 0.2) is 0 Å². The Labute approximate surface area is 135 Å². The van der Waals surface area contributed by atoms with Crippen molar-refractivity contribution in [1.82, 2.24) is 10.2 Å². The second kappa shape index (κ2) is 6.21. The average Bonchev–Trinajstić information content (AvgIpc) is 2.95. The molecule has 1 fully saturated rings. The molecule has 2 aliphatic rings. The van der Waals surface area contributed by atoms with Crippen molar-refractivity contribution in [1.29, 1.82) is 0 Å². The highest BCUT2D eigenvalue weighted by atomic mass is 16.5. The van der Waals surface area contributed by atoms with Crippen LogP contribution in [0.4, 0.5) is 0 Å². The lowest BCUT2D eigenvalue weighted by Crippen LogP contribution is -2.46. The van der Waals surface area contributed by atoms with E-state index in [0.29, 0.717) is 12.0 Å². The summed E-state index contributed by atoms with van der Waals surface area (Å²) in [5, 5.41) is 3.50. The minimum Gasteiger partial charge on any atom is -0.485 e. The van der Waals surface area contributed by atoms with Gasteiger partial charge in [0.25, 0.3) is 0 Å². The summed E-state index contributed by atoms with van der Waals surface area (Å²) in [7, 11) is 0. The predicted molar refractivity (Wildman–Crippen MR) is 91.7 cm³/mol. The van der Waals surface area contributed by atoms with Crippen LogP contribution in [0.3, 0.4) is 0 Å². The van der Waals surface area contributed by atoms with Crippen molar-refractivity contribution < 1.29 is 4.74 Å². The molecule has 1 aromatic rings. The fraction of sp³-hybridized carbons (Fsp3) is 0.684. The molecule has 3 nitrogen and oxygen atoms in total. The summed E-state index contributed by atoms with van der Waals surface area (Å²) in [4.78, 5) is 2.59. The molecular weight excluding hydrogens is 272 g/mol. The molecule has 3 heteroatoms. The number of nitrogens with zero attached hydrogens (tertiary/aromatic N) is 1. The van der Waals surface area contributed by atoms with E-state index in [4.69, 9.17) is 4.74 Å². The van der Waals surface area contributed by atoms with E-state index in [1.807, 2.05) is 0 Å². The molecule has 2 unspecified atom stereocenters. The Balaban J connectivity index is 2.02. The molecular formula is C19H30N2O. The average molecular weight is 302 g/mol. The second-order valence-corrected chi connectivity index (χ2v) is 7.10. The standard InChI is InChI=1S/C19H30N2O/c1-5-21(6-2)17-12-19(9-10-20-13-19)22-18-8-7-15(14(3)4)11-16(17)18/h7-8,11,14,17,20H,5-6,9-10,12-13H2,1-4H3. The minimum atomic E-state index is -0.000393. The Morgan fingerprint density at radius 3 is 2.68 bits per heavy atom. The first-order chi connectivity index (χ1) is 10.6. The summed E-state index contributed by atoms with van der Waals surface area (Å²) < 4.78 is 6.50. The molecule has 0 radical (unpaired) electrons. The molecule has 1 N–H and O–H groups in total. The van der Waals surface area contributed by atoms with Gasteiger partial charge in [-0.2, -0.15) is 0 Å². The third kappa shape index (κ3) is 2.77. The summed E-state index contributed by atoms with van der Waals surface area (Å²) >= 11 is 0. The maximum absolute atomic E-state index is 6.50. The van der Waals surface area contributed by atoms with Gasteiger partial charge in [-0.25, -0.2) is 0 Å². The van der Waals surface area contributed by atoms with Crippen LogP contribution >= 0.6 is 0 Å². The molecule has 3 rings (SSSR count). The maximum Gasteiger partial charge on any atom is 0.125 e. The topological polar surface area (TPSA) is 24.5 Å². The highest BCUT2D eigenvalue weighted by molar-refractivity contribution is 5.43. The Morgan fingerprint density at radius 1 is 1.32 bits per heavy atom. The predicted octanol–water partition coefficient (Wildman–Crippen LogP) is 3.71. The van der Waals surface area contributed by atoms with Crippen molar-refractivity contribution in [2.24, 2.45) is 0 Å². The molecule has 122 valence electrons. The van der Waals surface area contributed by atoms with Crippen LogP contribution in [0.2, 0.25) is 0 Å². The van der Waals surface area contributed by atoms with Gasteiger partial charge >= 0.3 is 0 Å². The van der Waals surface area contributed by atoms with Gasteiger partial charge in [0, 0.05) is 31.0 Å². The summed E-state index contributed by atoms with van der Waals surface area (Å²) in [5.41, 5.74) is 2.81. The number of nitrogens with one attached hydrogen (secondary N) is 1. The first-order valence-corrected chi connectivity index (χ1v) is 8.86. The van der Waals surface area contributed by atoms with Gasteiger partial charge < -0.3 is 10.1 Å². The number of hydrogen-bond acceptors (Lipinski definition) is 3. The monoisotopic (exact) mass is 302 g/mol. The second-order valence-electron chi connectivity index (χ2n) is 7.10. The first kappa shape index (κ1) is 15.8. The quantitative estimate of drug-likeness (QED) is 0.917. The van der Waals surface area contributed by atoms with E-state index in [1.54, 1.807) is 0 Å². The third-order valence-electron chi connectivity index (χ3n) is 5.41. The highest BCUT2D eigenvalue weighted by Crippen LogP contribution is 2.45. The third-order valence-corrected chi connectivity index (χ3v) is 5.41. The van der Waals surface area contributed by atoms with Crippen LogP contribution in [0.25, 0.3) is 0 Å². The lowest BCUT2D eigenvalue weighted by atomic mass is 9.84. The molecule has 22 heavy (non-hydrogen) atoms. The molecule has 2 atom stereocenters. The lowest BCUT2D eigenvalue weighted by molar-refractivity contribution is 0.0193. The van der Waals surface area contributed by atoms with Gasteiger partial charge in [-0.05, 0) is 37.2 Å². The summed E-state index contributed by atoms with van der Waals surface area (Å²) in [6.45, 7) is 13.3. The number of hydrogen-bond donors (Lipinski definition) is 1. The minimum absolute atomic E-state index is 0.000393. The lowest BCUT2D eigenvalue weighted by Gasteiger charge is -2.43. The fourth-order valence-corrected chi connectivity index (χ4v) is 3.99. The molecule has 1 spiro atoms. The van der Waals surface area contributed by atoms with Gasteiger partial charge in [-0.15, -0.1) is 0 Å². The number of benzene rings is 1. The Hall–Kier alpha value is -1.06. The normalized spacial score (nSPS) is 27.5. The first-order valence-electron chi connectivity index (χ1n) is 8.86. The van der Waals surface area contributed by atoms with E-state index in [2.05, 4.69) is 56.1 Å². The van der Waals surface area contributed by atoms with Crippen LogP contribution in [0.15, 0.2) is 18.2 Å². The van der Waals surface area contributed by atoms with Crippen molar-refractivity contribution in [3.05, 3.63) is 29.3 Å². The van der Waals surface area contributed by atoms with Crippen molar-refractivity contribution in [2.45, 2.75) is 58.1 Å². The highest BCUT2D eigenvalue weighted by Gasteiger charge is 2.44. The molecule has 1 saturated heterocycles. The number of fused-ring (bicyclic) bond motifs is 1. The summed E-state index contributed by atoms with van der Waals surface area (Å²) in [6.07, 6.45) is 2.23. The van der Waals surface area contributed by atoms with Crippen LogP contribution < -0.4 is 10.1 Å². The van der Waals surface area contributed by atoms with E-state index in [-0.39, 0.29) is 5.60 Å². The zero-order valence-corrected chi connectivity index (χ0v) is 14.5. The van der Waals surface area contributed by atoms with Gasteiger partial charge in [0.05, 0.1) is 0 Å². The van der Waals surface area contributed by atoms with E-state index >= 15 is 0 Å². The molecule has 0 bridgehead atoms. The molecule has 2 aliphatic heterocycles. The zero-order valence-electron chi connectivity index (χ0n) is 14.5. The van der Waals surface area contributed by atoms with Crippen molar-refractivity contribution in [3.8, 4) is 5.75 Å². The number of rotatable bonds is 4. The van der Waals surface area contributed by atoms with Crippen molar-refractivity contribution in [2.75, 3.05) is 26.2 Å². The molecule has 2 heterocycles. The Bertz CT molecular complexity index is 516. The van der Waals surface area contributed by atoms with E-state index in [1.165, 1.54) is 11.1 Å². The maximum atomic E-state index is 6.50. The van der Waals surface area contributed by atoms with Gasteiger partial charge in [0.2, 0.25) is 0 Å². The largest absolute Gasteiger partial charge is 0.485 e. The van der Waals surface area contributed by atoms with Gasteiger partial charge in [-0.3, -0.25) is 4.90 Å². The van der Waals surface area contributed by atoms with E-state index < -0.39 is 0 Å². The molecule has 0 aliphatic carbocycles. The molecule has 0 amide bonds. The van der Waals surface area contributed by atoms with Crippen molar-refractivity contribution in [3.63, 3.8) is 0 Å². The summed E-state index contributed by atoms with van der Waals surface area (Å²) in [6, 6.07) is 7.32.